The molecular formula is C21H41NO3. The molecule has 0 aromatic heterocycles. The molecule has 0 radical (unpaired) electrons. The molecule has 0 aliphatic carbocycles. The molecular weight excluding hydrogens is 314 g/mol. The zero-order chi connectivity index (χ0) is 19.5. The Labute approximate surface area is 155 Å². The highest BCUT2D eigenvalue weighted by molar-refractivity contribution is 5.95. The minimum absolute atomic E-state index is 0.116. The van der Waals surface area contributed by atoms with Crippen LogP contribution in [-0.4, -0.2) is 34.4 Å². The van der Waals surface area contributed by atoms with E-state index in [-0.39, 0.29) is 24.0 Å². The van der Waals surface area contributed by atoms with Gasteiger partial charge in [-0.1, -0.05) is 53.4 Å². The Kier molecular flexibility index (Phi) is 12.2. The molecule has 0 spiro atoms. The summed E-state index contributed by atoms with van der Waals surface area (Å²) in [6.45, 7) is 11.8. The quantitative estimate of drug-likeness (QED) is 0.427. The summed E-state index contributed by atoms with van der Waals surface area (Å²) in [6, 6.07) is -0.441. The molecule has 0 aromatic carbocycles. The Morgan fingerprint density at radius 1 is 1.04 bits per heavy atom. The van der Waals surface area contributed by atoms with Gasteiger partial charge in [-0.2, -0.15) is 0 Å². The second-order valence-electron chi connectivity index (χ2n) is 8.11. The van der Waals surface area contributed by atoms with Crippen LogP contribution in [0.3, 0.4) is 0 Å². The maximum atomic E-state index is 12.6. The molecule has 0 saturated carbocycles. The fourth-order valence-electron chi connectivity index (χ4n) is 2.80. The maximum Gasteiger partial charge on any atom is 0.181 e. The van der Waals surface area contributed by atoms with E-state index in [1.54, 1.807) is 13.8 Å². The van der Waals surface area contributed by atoms with E-state index in [0.29, 0.717) is 12.8 Å². The Balaban J connectivity index is 4.44. The molecule has 25 heavy (non-hydrogen) atoms. The number of rotatable bonds is 15. The summed E-state index contributed by atoms with van der Waals surface area (Å²) >= 11 is 0. The highest BCUT2D eigenvalue weighted by atomic mass is 16.3. The number of unbranched alkanes of at least 4 members (excludes halogenated alkanes) is 3. The SMILES string of the molecule is CCC(C)NC(CC(=O)CCCCCCC(C)C)C(=O)C(C)(O)CC. The molecule has 0 aliphatic heterocycles. The van der Waals surface area contributed by atoms with E-state index in [0.717, 1.165) is 25.2 Å². The van der Waals surface area contributed by atoms with Crippen LogP contribution in [0, 0.1) is 5.92 Å². The zero-order valence-electron chi connectivity index (χ0n) is 17.4. The summed E-state index contributed by atoms with van der Waals surface area (Å²) in [6.07, 6.45) is 7.55. The second-order valence-corrected chi connectivity index (χ2v) is 8.11. The van der Waals surface area contributed by atoms with Crippen molar-refractivity contribution in [1.29, 1.82) is 0 Å². The van der Waals surface area contributed by atoms with Gasteiger partial charge in [-0.3, -0.25) is 9.59 Å². The highest BCUT2D eigenvalue weighted by Gasteiger charge is 2.35. The van der Waals surface area contributed by atoms with Gasteiger partial charge in [0.25, 0.3) is 0 Å². The van der Waals surface area contributed by atoms with Crippen LogP contribution in [0.5, 0.6) is 0 Å². The monoisotopic (exact) mass is 355 g/mol. The van der Waals surface area contributed by atoms with Gasteiger partial charge in [-0.05, 0) is 39.0 Å². The van der Waals surface area contributed by atoms with E-state index in [1.165, 1.54) is 19.3 Å². The lowest BCUT2D eigenvalue weighted by atomic mass is 9.89. The largest absolute Gasteiger partial charge is 0.382 e. The normalized spacial score (nSPS) is 16.5. The predicted molar refractivity (Wildman–Crippen MR) is 105 cm³/mol. The van der Waals surface area contributed by atoms with Gasteiger partial charge in [0, 0.05) is 18.9 Å². The minimum Gasteiger partial charge on any atom is -0.382 e. The van der Waals surface area contributed by atoms with Crippen LogP contribution in [-0.2, 0) is 9.59 Å². The Morgan fingerprint density at radius 2 is 1.64 bits per heavy atom. The maximum absolute atomic E-state index is 12.6. The smallest absolute Gasteiger partial charge is 0.181 e. The van der Waals surface area contributed by atoms with Crippen molar-refractivity contribution >= 4 is 11.6 Å². The van der Waals surface area contributed by atoms with Crippen molar-refractivity contribution in [2.24, 2.45) is 5.92 Å². The van der Waals surface area contributed by atoms with Crippen molar-refractivity contribution in [3.8, 4) is 0 Å². The van der Waals surface area contributed by atoms with Crippen LogP contribution in [0.15, 0.2) is 0 Å². The lowest BCUT2D eigenvalue weighted by molar-refractivity contribution is -0.140. The van der Waals surface area contributed by atoms with E-state index < -0.39 is 11.6 Å². The zero-order valence-corrected chi connectivity index (χ0v) is 17.4. The third-order valence-electron chi connectivity index (χ3n) is 5.05. The standard InChI is InChI=1S/C21H41NO3/c1-7-17(5)22-19(20(24)21(6,25)8-2)15-18(23)14-12-10-9-11-13-16(3)4/h16-17,19,22,25H,7-15H2,1-6H3. The van der Waals surface area contributed by atoms with Crippen LogP contribution in [0.4, 0.5) is 0 Å². The van der Waals surface area contributed by atoms with Crippen LogP contribution in [0.1, 0.15) is 99.3 Å². The molecule has 0 amide bonds. The van der Waals surface area contributed by atoms with Gasteiger partial charge in [-0.15, -0.1) is 0 Å². The number of carbonyl (C=O) groups is 2. The molecule has 4 nitrogen and oxygen atoms in total. The van der Waals surface area contributed by atoms with Gasteiger partial charge in [0.1, 0.15) is 11.4 Å². The molecule has 148 valence electrons. The molecule has 4 heteroatoms. The number of hydrogen-bond acceptors (Lipinski definition) is 4. The number of Topliss-reactive ketones (excluding diaryl/α,β-unsaturated/α-hetero) is 2. The van der Waals surface area contributed by atoms with Crippen molar-refractivity contribution in [2.75, 3.05) is 0 Å². The molecule has 3 unspecified atom stereocenters. The molecule has 0 fully saturated rings. The van der Waals surface area contributed by atoms with Gasteiger partial charge >= 0.3 is 0 Å². The fourth-order valence-corrected chi connectivity index (χ4v) is 2.80. The van der Waals surface area contributed by atoms with Gasteiger partial charge in [-0.25, -0.2) is 0 Å². The first-order valence-electron chi connectivity index (χ1n) is 10.2. The molecule has 2 N–H and O–H groups in total. The third kappa shape index (κ3) is 10.8. The van der Waals surface area contributed by atoms with Crippen molar-refractivity contribution in [2.45, 2.75) is 117 Å². The number of nitrogens with one attached hydrogen (secondary N) is 1. The Bertz CT molecular complexity index is 391. The first kappa shape index (κ1) is 24.3. The summed E-state index contributed by atoms with van der Waals surface area (Å²) in [7, 11) is 0. The van der Waals surface area contributed by atoms with Gasteiger partial charge in [0.15, 0.2) is 5.78 Å². The molecule has 0 bridgehead atoms. The number of ketones is 2. The van der Waals surface area contributed by atoms with Crippen LogP contribution in [0.25, 0.3) is 0 Å². The average molecular weight is 356 g/mol. The number of carbonyl (C=O) groups excluding carboxylic acids is 2. The molecule has 0 saturated heterocycles. The summed E-state index contributed by atoms with van der Waals surface area (Å²) in [4.78, 5) is 24.9. The minimum atomic E-state index is -1.37. The topological polar surface area (TPSA) is 66.4 Å². The Hall–Kier alpha value is -0.740. The molecule has 0 heterocycles. The second kappa shape index (κ2) is 12.6. The Morgan fingerprint density at radius 3 is 2.16 bits per heavy atom. The van der Waals surface area contributed by atoms with Crippen LogP contribution in [0.2, 0.25) is 0 Å². The summed E-state index contributed by atoms with van der Waals surface area (Å²) in [5, 5.41) is 13.5. The first-order chi connectivity index (χ1) is 11.6. The molecule has 0 rings (SSSR count). The molecule has 3 atom stereocenters. The average Bonchev–Trinajstić information content (AvgIpc) is 2.56. The summed E-state index contributed by atoms with van der Waals surface area (Å²) in [5.74, 6) is 0.594. The van der Waals surface area contributed by atoms with Gasteiger partial charge in [0.2, 0.25) is 0 Å². The van der Waals surface area contributed by atoms with E-state index in [2.05, 4.69) is 19.2 Å². The number of hydrogen-bond donors (Lipinski definition) is 2. The fraction of sp³-hybridized carbons (Fsp3) is 0.905. The predicted octanol–water partition coefficient (Wildman–Crippen LogP) is 4.43. The van der Waals surface area contributed by atoms with E-state index in [9.17, 15) is 14.7 Å². The van der Waals surface area contributed by atoms with Crippen molar-refractivity contribution < 1.29 is 14.7 Å². The summed E-state index contributed by atoms with van der Waals surface area (Å²) < 4.78 is 0. The lowest BCUT2D eigenvalue weighted by Gasteiger charge is -2.28. The number of aliphatic hydroxyl groups is 1. The van der Waals surface area contributed by atoms with Gasteiger partial charge in [0.05, 0.1) is 6.04 Å². The van der Waals surface area contributed by atoms with Crippen molar-refractivity contribution in [3.63, 3.8) is 0 Å². The first-order valence-corrected chi connectivity index (χ1v) is 10.2. The highest BCUT2D eigenvalue weighted by Crippen LogP contribution is 2.17. The van der Waals surface area contributed by atoms with E-state index >= 15 is 0 Å². The van der Waals surface area contributed by atoms with Crippen molar-refractivity contribution in [3.05, 3.63) is 0 Å². The molecule has 0 aliphatic rings. The lowest BCUT2D eigenvalue weighted by Crippen LogP contribution is -2.51. The molecule has 0 aromatic rings. The van der Waals surface area contributed by atoms with Crippen LogP contribution >= 0.6 is 0 Å². The third-order valence-corrected chi connectivity index (χ3v) is 5.05. The van der Waals surface area contributed by atoms with Crippen LogP contribution < -0.4 is 5.32 Å². The summed E-state index contributed by atoms with van der Waals surface area (Å²) in [5.41, 5.74) is -1.37. The van der Waals surface area contributed by atoms with Gasteiger partial charge < -0.3 is 10.4 Å². The van der Waals surface area contributed by atoms with Crippen molar-refractivity contribution in [1.82, 2.24) is 5.32 Å². The van der Waals surface area contributed by atoms with E-state index in [4.69, 9.17) is 0 Å². The van der Waals surface area contributed by atoms with E-state index in [1.807, 2.05) is 13.8 Å².